The zero-order valence-electron chi connectivity index (χ0n) is 8.50. The second-order valence-corrected chi connectivity index (χ2v) is 3.93. The Kier molecular flexibility index (Phi) is 3.37. The van der Waals surface area contributed by atoms with Gasteiger partial charge in [0.1, 0.15) is 6.10 Å². The Morgan fingerprint density at radius 1 is 1.29 bits per heavy atom. The predicted molar refractivity (Wildman–Crippen MR) is 53.0 cm³/mol. The van der Waals surface area contributed by atoms with Gasteiger partial charge >= 0.3 is 0 Å². The van der Waals surface area contributed by atoms with E-state index >= 15 is 0 Å². The molecule has 0 aromatic heterocycles. The van der Waals surface area contributed by atoms with Crippen LogP contribution < -0.4 is 5.32 Å². The standard InChI is InChI=1S/C10H18N2O2/c13-10(9-3-1-8-14-9)12-6-2-4-11-5-7-12/h9,11H,1-8H2/t9-/m0/s1. The maximum Gasteiger partial charge on any atom is 0.251 e. The van der Waals surface area contributed by atoms with Crippen molar-refractivity contribution in [3.05, 3.63) is 0 Å². The van der Waals surface area contributed by atoms with E-state index in [1.165, 1.54) is 0 Å². The van der Waals surface area contributed by atoms with Gasteiger partial charge < -0.3 is 15.0 Å². The SMILES string of the molecule is O=C([C@@H]1CCCO1)N1CCCNCC1. The lowest BCUT2D eigenvalue weighted by molar-refractivity contribution is -0.140. The molecule has 2 saturated heterocycles. The summed E-state index contributed by atoms with van der Waals surface area (Å²) in [5.74, 6) is 0.200. The van der Waals surface area contributed by atoms with Crippen LogP contribution in [0, 0.1) is 0 Å². The van der Waals surface area contributed by atoms with Crippen LogP contribution in [0.15, 0.2) is 0 Å². The summed E-state index contributed by atoms with van der Waals surface area (Å²) in [6, 6.07) is 0. The van der Waals surface area contributed by atoms with E-state index in [4.69, 9.17) is 4.74 Å². The van der Waals surface area contributed by atoms with Crippen LogP contribution in [0.3, 0.4) is 0 Å². The molecule has 1 amide bonds. The van der Waals surface area contributed by atoms with Gasteiger partial charge in [0.25, 0.3) is 5.91 Å². The Labute approximate surface area is 84.6 Å². The van der Waals surface area contributed by atoms with E-state index in [0.29, 0.717) is 0 Å². The molecule has 0 aromatic carbocycles. The van der Waals surface area contributed by atoms with Crippen molar-refractivity contribution < 1.29 is 9.53 Å². The highest BCUT2D eigenvalue weighted by Crippen LogP contribution is 2.15. The summed E-state index contributed by atoms with van der Waals surface area (Å²) in [4.78, 5) is 13.9. The summed E-state index contributed by atoms with van der Waals surface area (Å²) in [6.07, 6.45) is 2.84. The minimum Gasteiger partial charge on any atom is -0.368 e. The van der Waals surface area contributed by atoms with Gasteiger partial charge in [-0.1, -0.05) is 0 Å². The van der Waals surface area contributed by atoms with Gasteiger partial charge in [0.15, 0.2) is 0 Å². The van der Waals surface area contributed by atoms with E-state index in [9.17, 15) is 4.79 Å². The highest BCUT2D eigenvalue weighted by Gasteiger charge is 2.28. The number of amides is 1. The highest BCUT2D eigenvalue weighted by molar-refractivity contribution is 5.81. The molecule has 2 aliphatic heterocycles. The fraction of sp³-hybridized carbons (Fsp3) is 0.900. The van der Waals surface area contributed by atoms with Crippen molar-refractivity contribution in [2.24, 2.45) is 0 Å². The summed E-state index contributed by atoms with van der Waals surface area (Å²) in [5, 5.41) is 3.29. The minimum absolute atomic E-state index is 0.145. The van der Waals surface area contributed by atoms with Gasteiger partial charge in [-0.2, -0.15) is 0 Å². The third kappa shape index (κ3) is 2.25. The van der Waals surface area contributed by atoms with Gasteiger partial charge in [-0.05, 0) is 25.8 Å². The first-order valence-electron chi connectivity index (χ1n) is 5.49. The Hall–Kier alpha value is -0.610. The van der Waals surface area contributed by atoms with E-state index in [-0.39, 0.29) is 12.0 Å². The second-order valence-electron chi connectivity index (χ2n) is 3.93. The number of nitrogens with one attached hydrogen (secondary N) is 1. The van der Waals surface area contributed by atoms with E-state index in [2.05, 4.69) is 5.32 Å². The molecule has 4 heteroatoms. The fourth-order valence-corrected chi connectivity index (χ4v) is 2.04. The second kappa shape index (κ2) is 4.75. The third-order valence-corrected chi connectivity index (χ3v) is 2.86. The smallest absolute Gasteiger partial charge is 0.251 e. The number of carbonyl (C=O) groups is 1. The molecular formula is C10H18N2O2. The minimum atomic E-state index is -0.145. The molecule has 2 rings (SSSR count). The Bertz CT molecular complexity index is 194. The summed E-state index contributed by atoms with van der Waals surface area (Å²) >= 11 is 0. The van der Waals surface area contributed by atoms with Crippen molar-refractivity contribution in [2.75, 3.05) is 32.8 Å². The summed E-state index contributed by atoms with van der Waals surface area (Å²) in [6.45, 7) is 4.40. The van der Waals surface area contributed by atoms with Crippen molar-refractivity contribution in [1.82, 2.24) is 10.2 Å². The molecule has 0 radical (unpaired) electrons. The lowest BCUT2D eigenvalue weighted by Crippen LogP contribution is -2.40. The quantitative estimate of drug-likeness (QED) is 0.644. The van der Waals surface area contributed by atoms with Crippen LogP contribution >= 0.6 is 0 Å². The first-order chi connectivity index (χ1) is 6.88. The third-order valence-electron chi connectivity index (χ3n) is 2.86. The number of hydrogen-bond acceptors (Lipinski definition) is 3. The molecule has 4 nitrogen and oxygen atoms in total. The fourth-order valence-electron chi connectivity index (χ4n) is 2.04. The van der Waals surface area contributed by atoms with Crippen molar-refractivity contribution >= 4 is 5.91 Å². The number of hydrogen-bond donors (Lipinski definition) is 1. The molecule has 2 aliphatic rings. The average molecular weight is 198 g/mol. The lowest BCUT2D eigenvalue weighted by Gasteiger charge is -2.22. The van der Waals surface area contributed by atoms with E-state index in [1.807, 2.05) is 4.90 Å². The van der Waals surface area contributed by atoms with Crippen molar-refractivity contribution in [1.29, 1.82) is 0 Å². The van der Waals surface area contributed by atoms with Crippen LogP contribution in [0.4, 0.5) is 0 Å². The van der Waals surface area contributed by atoms with Gasteiger partial charge in [0.05, 0.1) is 0 Å². The Morgan fingerprint density at radius 2 is 2.21 bits per heavy atom. The molecule has 2 heterocycles. The van der Waals surface area contributed by atoms with E-state index in [0.717, 1.165) is 52.0 Å². The van der Waals surface area contributed by atoms with Gasteiger partial charge in [-0.25, -0.2) is 0 Å². The van der Waals surface area contributed by atoms with Crippen LogP contribution in [0.2, 0.25) is 0 Å². The molecule has 0 bridgehead atoms. The topological polar surface area (TPSA) is 41.6 Å². The molecular weight excluding hydrogens is 180 g/mol. The number of ether oxygens (including phenoxy) is 1. The van der Waals surface area contributed by atoms with Crippen LogP contribution in [-0.4, -0.2) is 49.7 Å². The van der Waals surface area contributed by atoms with Gasteiger partial charge in [0, 0.05) is 26.2 Å². The van der Waals surface area contributed by atoms with Gasteiger partial charge in [-0.3, -0.25) is 4.79 Å². The van der Waals surface area contributed by atoms with E-state index < -0.39 is 0 Å². The predicted octanol–water partition coefficient (Wildman–Crippen LogP) is -0.0127. The molecule has 0 aromatic rings. The molecule has 0 saturated carbocycles. The van der Waals surface area contributed by atoms with Gasteiger partial charge in [0.2, 0.25) is 0 Å². The Morgan fingerprint density at radius 3 is 3.00 bits per heavy atom. The van der Waals surface area contributed by atoms with Gasteiger partial charge in [-0.15, -0.1) is 0 Å². The summed E-state index contributed by atoms with van der Waals surface area (Å²) in [5.41, 5.74) is 0. The summed E-state index contributed by atoms with van der Waals surface area (Å²) in [7, 11) is 0. The summed E-state index contributed by atoms with van der Waals surface area (Å²) < 4.78 is 5.40. The largest absolute Gasteiger partial charge is 0.368 e. The zero-order valence-corrected chi connectivity index (χ0v) is 8.50. The molecule has 14 heavy (non-hydrogen) atoms. The number of carbonyl (C=O) groups excluding carboxylic acids is 1. The number of rotatable bonds is 1. The monoisotopic (exact) mass is 198 g/mol. The molecule has 1 atom stereocenters. The molecule has 0 unspecified atom stereocenters. The van der Waals surface area contributed by atoms with E-state index in [1.54, 1.807) is 0 Å². The maximum absolute atomic E-state index is 11.9. The van der Waals surface area contributed by atoms with Crippen molar-refractivity contribution in [3.63, 3.8) is 0 Å². The van der Waals surface area contributed by atoms with Crippen molar-refractivity contribution in [3.8, 4) is 0 Å². The molecule has 80 valence electrons. The maximum atomic E-state index is 11.9. The van der Waals surface area contributed by atoms with Crippen LogP contribution in [0.5, 0.6) is 0 Å². The van der Waals surface area contributed by atoms with Crippen LogP contribution in [-0.2, 0) is 9.53 Å². The Balaban J connectivity index is 1.88. The first kappa shape index (κ1) is 9.93. The molecule has 0 aliphatic carbocycles. The highest BCUT2D eigenvalue weighted by atomic mass is 16.5. The zero-order chi connectivity index (χ0) is 9.80. The normalized spacial score (nSPS) is 28.9. The first-order valence-corrected chi connectivity index (χ1v) is 5.49. The van der Waals surface area contributed by atoms with Crippen LogP contribution in [0.1, 0.15) is 19.3 Å². The molecule has 0 spiro atoms. The van der Waals surface area contributed by atoms with Crippen LogP contribution in [0.25, 0.3) is 0 Å². The molecule has 1 N–H and O–H groups in total. The molecule has 2 fully saturated rings. The average Bonchev–Trinajstić information content (AvgIpc) is 2.59. The van der Waals surface area contributed by atoms with Crippen molar-refractivity contribution in [2.45, 2.75) is 25.4 Å². The number of nitrogens with zero attached hydrogens (tertiary/aromatic N) is 1. The lowest BCUT2D eigenvalue weighted by atomic mass is 10.2.